The summed E-state index contributed by atoms with van der Waals surface area (Å²) in [6.07, 6.45) is 5.85. The molecule has 3 nitrogen and oxygen atoms in total. The number of imidazole rings is 1. The second-order valence-electron chi connectivity index (χ2n) is 8.23. The van der Waals surface area contributed by atoms with Crippen molar-refractivity contribution in [2.24, 2.45) is 5.92 Å². The van der Waals surface area contributed by atoms with Gasteiger partial charge in [0, 0.05) is 19.0 Å². The van der Waals surface area contributed by atoms with Gasteiger partial charge in [0.15, 0.2) is 0 Å². The van der Waals surface area contributed by atoms with Gasteiger partial charge in [-0.05, 0) is 43.4 Å². The lowest BCUT2D eigenvalue weighted by Gasteiger charge is -2.05. The van der Waals surface area contributed by atoms with Crippen LogP contribution in [0, 0.1) is 12.8 Å². The summed E-state index contributed by atoms with van der Waals surface area (Å²) in [5, 5.41) is 9.46. The number of rotatable bonds is 6. The van der Waals surface area contributed by atoms with Gasteiger partial charge in [-0.25, -0.2) is 4.98 Å². The van der Waals surface area contributed by atoms with E-state index < -0.39 is 0 Å². The number of benzene rings is 2. The standard InChI is InChI=1S/C12H16N2O.C9H12.C6H14/c1-3-7-14-11-8-9(15)5-6-10(11)13-12(14)4-2;1-3-9-6-4-5-8(2)7-9;1-4-5-6(2)3/h5-6,8,15H,3-4,7H2,1-2H3;4-7H,3H2,1-2H3;6H,4-5H2,1-3H3. The third-order valence-electron chi connectivity index (χ3n) is 4.93. The van der Waals surface area contributed by atoms with Gasteiger partial charge in [-0.2, -0.15) is 0 Å². The molecule has 3 rings (SSSR count). The largest absolute Gasteiger partial charge is 0.508 e. The van der Waals surface area contributed by atoms with Crippen molar-refractivity contribution in [3.63, 3.8) is 0 Å². The number of hydrogen-bond acceptors (Lipinski definition) is 2. The maximum Gasteiger partial charge on any atom is 0.117 e. The van der Waals surface area contributed by atoms with Gasteiger partial charge in [0.05, 0.1) is 11.0 Å². The van der Waals surface area contributed by atoms with E-state index in [4.69, 9.17) is 0 Å². The Morgan fingerprint density at radius 1 is 0.933 bits per heavy atom. The van der Waals surface area contributed by atoms with Gasteiger partial charge in [0.1, 0.15) is 11.6 Å². The van der Waals surface area contributed by atoms with Crippen LogP contribution in [0.15, 0.2) is 42.5 Å². The van der Waals surface area contributed by atoms with E-state index in [-0.39, 0.29) is 0 Å². The van der Waals surface area contributed by atoms with Crippen molar-refractivity contribution in [1.29, 1.82) is 0 Å². The Bertz CT molecular complexity index is 864. The average molecular weight is 411 g/mol. The first-order valence-corrected chi connectivity index (χ1v) is 11.6. The molecular formula is C27H42N2O. The predicted octanol–water partition coefficient (Wildman–Crippen LogP) is 7.71. The molecule has 0 saturated heterocycles. The molecule has 0 bridgehead atoms. The highest BCUT2D eigenvalue weighted by Crippen LogP contribution is 2.21. The number of aromatic nitrogens is 2. The smallest absolute Gasteiger partial charge is 0.117 e. The fourth-order valence-electron chi connectivity index (χ4n) is 3.41. The van der Waals surface area contributed by atoms with Crippen molar-refractivity contribution in [3.05, 3.63) is 59.4 Å². The van der Waals surface area contributed by atoms with E-state index in [1.807, 2.05) is 6.07 Å². The van der Waals surface area contributed by atoms with Gasteiger partial charge in [0.25, 0.3) is 0 Å². The minimum atomic E-state index is 0.308. The Balaban J connectivity index is 0.000000256. The van der Waals surface area contributed by atoms with Crippen LogP contribution in [-0.2, 0) is 19.4 Å². The number of fused-ring (bicyclic) bond motifs is 1. The third-order valence-corrected chi connectivity index (χ3v) is 4.93. The molecule has 3 heteroatoms. The fraction of sp³-hybridized carbons (Fsp3) is 0.519. The molecule has 0 unspecified atom stereocenters. The topological polar surface area (TPSA) is 38.0 Å². The zero-order chi connectivity index (χ0) is 22.5. The van der Waals surface area contributed by atoms with E-state index in [2.05, 4.69) is 82.3 Å². The van der Waals surface area contributed by atoms with Gasteiger partial charge >= 0.3 is 0 Å². The van der Waals surface area contributed by atoms with Crippen LogP contribution >= 0.6 is 0 Å². The minimum Gasteiger partial charge on any atom is -0.508 e. The molecule has 0 amide bonds. The predicted molar refractivity (Wildman–Crippen MR) is 131 cm³/mol. The molecule has 1 heterocycles. The summed E-state index contributed by atoms with van der Waals surface area (Å²) in [6.45, 7) is 16.2. The molecule has 0 fully saturated rings. The summed E-state index contributed by atoms with van der Waals surface area (Å²) in [4.78, 5) is 4.54. The molecule has 3 aromatic rings. The van der Waals surface area contributed by atoms with Crippen molar-refractivity contribution in [2.75, 3.05) is 0 Å². The SMILES string of the molecule is CCCC(C)C.CCCn1c(CC)nc2ccc(O)cc21.CCc1cccc(C)c1. The molecule has 2 aromatic carbocycles. The van der Waals surface area contributed by atoms with Gasteiger partial charge in [-0.3, -0.25) is 0 Å². The van der Waals surface area contributed by atoms with Crippen LogP contribution in [0.4, 0.5) is 0 Å². The fourth-order valence-corrected chi connectivity index (χ4v) is 3.41. The molecule has 0 radical (unpaired) electrons. The lowest BCUT2D eigenvalue weighted by atomic mass is 10.1. The number of nitrogens with zero attached hydrogens (tertiary/aromatic N) is 2. The summed E-state index contributed by atoms with van der Waals surface area (Å²) < 4.78 is 2.19. The van der Waals surface area contributed by atoms with Crippen molar-refractivity contribution in [2.45, 2.75) is 87.1 Å². The van der Waals surface area contributed by atoms with Crippen molar-refractivity contribution < 1.29 is 5.11 Å². The van der Waals surface area contributed by atoms with Crippen molar-refractivity contribution in [3.8, 4) is 5.75 Å². The molecule has 0 aliphatic carbocycles. The highest BCUT2D eigenvalue weighted by atomic mass is 16.3. The van der Waals surface area contributed by atoms with E-state index in [0.29, 0.717) is 5.75 Å². The lowest BCUT2D eigenvalue weighted by Crippen LogP contribution is -2.01. The first kappa shape index (κ1) is 25.7. The highest BCUT2D eigenvalue weighted by Gasteiger charge is 2.08. The van der Waals surface area contributed by atoms with E-state index in [9.17, 15) is 5.11 Å². The van der Waals surface area contributed by atoms with Gasteiger partial charge < -0.3 is 9.67 Å². The molecule has 0 aliphatic rings. The van der Waals surface area contributed by atoms with Gasteiger partial charge in [-0.15, -0.1) is 0 Å². The number of aromatic hydroxyl groups is 1. The zero-order valence-electron chi connectivity index (χ0n) is 20.2. The van der Waals surface area contributed by atoms with Crippen LogP contribution in [-0.4, -0.2) is 14.7 Å². The van der Waals surface area contributed by atoms with Crippen LogP contribution in [0.5, 0.6) is 5.75 Å². The van der Waals surface area contributed by atoms with Crippen LogP contribution in [0.3, 0.4) is 0 Å². The van der Waals surface area contributed by atoms with Crippen molar-refractivity contribution in [1.82, 2.24) is 9.55 Å². The Labute approximate surface area is 184 Å². The van der Waals surface area contributed by atoms with Crippen LogP contribution in [0.25, 0.3) is 11.0 Å². The van der Waals surface area contributed by atoms with Gasteiger partial charge in [-0.1, -0.05) is 84.2 Å². The molecule has 0 saturated carbocycles. The molecule has 1 N–H and O–H groups in total. The van der Waals surface area contributed by atoms with Crippen molar-refractivity contribution >= 4 is 11.0 Å². The highest BCUT2D eigenvalue weighted by molar-refractivity contribution is 5.77. The Morgan fingerprint density at radius 2 is 1.67 bits per heavy atom. The summed E-state index contributed by atoms with van der Waals surface area (Å²) >= 11 is 0. The van der Waals surface area contributed by atoms with E-state index in [1.165, 1.54) is 24.0 Å². The second-order valence-corrected chi connectivity index (χ2v) is 8.23. The van der Waals surface area contributed by atoms with Crippen LogP contribution < -0.4 is 0 Å². The normalized spacial score (nSPS) is 10.4. The average Bonchev–Trinajstić information content (AvgIpc) is 3.06. The molecule has 0 spiro atoms. The zero-order valence-corrected chi connectivity index (χ0v) is 20.2. The number of hydrogen-bond donors (Lipinski definition) is 1. The Hall–Kier alpha value is -2.29. The van der Waals surface area contributed by atoms with E-state index in [0.717, 1.165) is 48.6 Å². The minimum absolute atomic E-state index is 0.308. The summed E-state index contributed by atoms with van der Waals surface area (Å²) in [5.41, 5.74) is 4.79. The first-order chi connectivity index (χ1) is 14.4. The molecule has 0 aliphatic heterocycles. The summed E-state index contributed by atoms with van der Waals surface area (Å²) in [6, 6.07) is 14.0. The Morgan fingerprint density at radius 3 is 2.13 bits per heavy atom. The maximum atomic E-state index is 9.46. The van der Waals surface area contributed by atoms with E-state index in [1.54, 1.807) is 12.1 Å². The summed E-state index contributed by atoms with van der Waals surface area (Å²) in [5.74, 6) is 2.30. The third kappa shape index (κ3) is 8.61. The maximum absolute atomic E-state index is 9.46. The lowest BCUT2D eigenvalue weighted by molar-refractivity contribution is 0.475. The molecule has 0 atom stereocenters. The number of aryl methyl sites for hydroxylation is 4. The first-order valence-electron chi connectivity index (χ1n) is 11.6. The monoisotopic (exact) mass is 410 g/mol. The summed E-state index contributed by atoms with van der Waals surface area (Å²) in [7, 11) is 0. The molecular weight excluding hydrogens is 368 g/mol. The second kappa shape index (κ2) is 13.8. The quantitative estimate of drug-likeness (QED) is 0.452. The molecule has 166 valence electrons. The van der Waals surface area contributed by atoms with E-state index >= 15 is 0 Å². The number of phenols is 1. The van der Waals surface area contributed by atoms with Crippen LogP contribution in [0.1, 0.15) is 77.8 Å². The molecule has 1 aromatic heterocycles. The molecule has 30 heavy (non-hydrogen) atoms. The number of phenolic OH excluding ortho intramolecular Hbond substituents is 1. The Kier molecular flexibility index (Phi) is 11.9. The van der Waals surface area contributed by atoms with Crippen LogP contribution in [0.2, 0.25) is 0 Å². The van der Waals surface area contributed by atoms with Gasteiger partial charge in [0.2, 0.25) is 0 Å².